The summed E-state index contributed by atoms with van der Waals surface area (Å²) in [5, 5.41) is 7.47. The van der Waals surface area contributed by atoms with E-state index in [0.29, 0.717) is 12.5 Å². The topological polar surface area (TPSA) is 63.5 Å². The fourth-order valence-electron chi connectivity index (χ4n) is 4.65. The van der Waals surface area contributed by atoms with Gasteiger partial charge in [0.1, 0.15) is 0 Å². The van der Waals surface area contributed by atoms with Crippen molar-refractivity contribution in [2.75, 3.05) is 45.9 Å². The molecule has 0 atom stereocenters. The van der Waals surface area contributed by atoms with Crippen LogP contribution in [0.1, 0.15) is 33.8 Å². The van der Waals surface area contributed by atoms with Crippen LogP contribution >= 0.6 is 11.3 Å². The molecule has 2 saturated heterocycles. The Bertz CT molecular complexity index is 1030. The zero-order valence-corrected chi connectivity index (χ0v) is 18.8. The van der Waals surface area contributed by atoms with Crippen LogP contribution < -0.4 is 0 Å². The minimum absolute atomic E-state index is 0.107. The fraction of sp³-hybridized carbons (Fsp3) is 0.522. The molecular formula is C23H29N5O2S. The molecule has 7 nitrogen and oxygen atoms in total. The Kier molecular flexibility index (Phi) is 6.02. The molecular weight excluding hydrogens is 410 g/mol. The lowest BCUT2D eigenvalue weighted by Crippen LogP contribution is -2.44. The lowest BCUT2D eigenvalue weighted by Gasteiger charge is -2.36. The number of thiophene rings is 1. The molecule has 0 bridgehead atoms. The molecule has 2 fully saturated rings. The quantitative estimate of drug-likeness (QED) is 0.612. The number of aryl methyl sites for hydroxylation is 1. The Hall–Kier alpha value is -2.29. The summed E-state index contributed by atoms with van der Waals surface area (Å²) in [5.74, 6) is 0.769. The Labute approximate surface area is 186 Å². The summed E-state index contributed by atoms with van der Waals surface area (Å²) in [5.41, 5.74) is 2.37. The first-order chi connectivity index (χ1) is 15.2. The Balaban J connectivity index is 1.29. The summed E-state index contributed by atoms with van der Waals surface area (Å²) >= 11 is 1.71. The predicted molar refractivity (Wildman–Crippen MR) is 122 cm³/mol. The summed E-state index contributed by atoms with van der Waals surface area (Å²) in [6.45, 7) is 9.14. The van der Waals surface area contributed by atoms with Gasteiger partial charge in [0.25, 0.3) is 5.91 Å². The molecule has 5 heterocycles. The number of carbonyl (C=O) groups is 1. The fourth-order valence-corrected chi connectivity index (χ4v) is 5.34. The largest absolute Gasteiger partial charge is 0.379 e. The molecule has 3 aromatic rings. The van der Waals surface area contributed by atoms with Crippen molar-refractivity contribution in [3.63, 3.8) is 0 Å². The molecule has 0 aromatic carbocycles. The van der Waals surface area contributed by atoms with Gasteiger partial charge in [-0.05, 0) is 43.2 Å². The van der Waals surface area contributed by atoms with E-state index in [1.165, 1.54) is 4.88 Å². The van der Waals surface area contributed by atoms with Crippen molar-refractivity contribution in [2.24, 2.45) is 5.92 Å². The molecule has 164 valence electrons. The first-order valence-corrected chi connectivity index (χ1v) is 12.0. The standard InChI is InChI=1S/C23H29N5O2S/c1-17-13-20(21-14-24-28(22(21)25-17)16-19-3-2-12-31-19)23(29)27-6-4-18(5-7-27)15-26-8-10-30-11-9-26/h2-3,12-14,18H,4-11,15-16H2,1H3. The molecule has 0 unspecified atom stereocenters. The Morgan fingerprint density at radius 1 is 1.23 bits per heavy atom. The van der Waals surface area contributed by atoms with Crippen LogP contribution in [0.3, 0.4) is 0 Å². The maximum atomic E-state index is 13.4. The van der Waals surface area contributed by atoms with Gasteiger partial charge in [-0.3, -0.25) is 9.69 Å². The number of nitrogens with zero attached hydrogens (tertiary/aromatic N) is 5. The second-order valence-electron chi connectivity index (χ2n) is 8.58. The summed E-state index contributed by atoms with van der Waals surface area (Å²) in [6.07, 6.45) is 3.93. The molecule has 0 N–H and O–H groups in total. The van der Waals surface area contributed by atoms with Crippen LogP contribution in [0.15, 0.2) is 29.8 Å². The molecule has 0 aliphatic carbocycles. The van der Waals surface area contributed by atoms with Crippen molar-refractivity contribution in [2.45, 2.75) is 26.3 Å². The van der Waals surface area contributed by atoms with Crippen molar-refractivity contribution in [3.05, 3.63) is 45.9 Å². The highest BCUT2D eigenvalue weighted by Crippen LogP contribution is 2.25. The third-order valence-electron chi connectivity index (χ3n) is 6.38. The number of morpholine rings is 1. The van der Waals surface area contributed by atoms with E-state index >= 15 is 0 Å². The number of carbonyl (C=O) groups excluding carboxylic acids is 1. The van der Waals surface area contributed by atoms with Crippen molar-refractivity contribution in [3.8, 4) is 0 Å². The van der Waals surface area contributed by atoms with Gasteiger partial charge < -0.3 is 9.64 Å². The molecule has 1 amide bonds. The second-order valence-corrected chi connectivity index (χ2v) is 9.61. The summed E-state index contributed by atoms with van der Waals surface area (Å²) in [6, 6.07) is 6.06. The number of likely N-dealkylation sites (tertiary alicyclic amines) is 1. The molecule has 0 saturated carbocycles. The average molecular weight is 440 g/mol. The van der Waals surface area contributed by atoms with Crippen LogP contribution in [0.5, 0.6) is 0 Å². The highest BCUT2D eigenvalue weighted by Gasteiger charge is 2.27. The maximum absolute atomic E-state index is 13.4. The van der Waals surface area contributed by atoms with Crippen LogP contribution in [0.25, 0.3) is 11.0 Å². The lowest BCUT2D eigenvalue weighted by atomic mass is 9.95. The summed E-state index contributed by atoms with van der Waals surface area (Å²) < 4.78 is 7.36. The van der Waals surface area contributed by atoms with E-state index in [0.717, 1.165) is 81.1 Å². The minimum atomic E-state index is 0.107. The van der Waals surface area contributed by atoms with Crippen molar-refractivity contribution >= 4 is 28.3 Å². The Morgan fingerprint density at radius 3 is 2.77 bits per heavy atom. The third-order valence-corrected chi connectivity index (χ3v) is 7.24. The molecule has 31 heavy (non-hydrogen) atoms. The number of piperidine rings is 1. The van der Waals surface area contributed by atoms with Crippen LogP contribution in [0.2, 0.25) is 0 Å². The van der Waals surface area contributed by atoms with Gasteiger partial charge >= 0.3 is 0 Å². The van der Waals surface area contributed by atoms with Gasteiger partial charge in [-0.1, -0.05) is 6.07 Å². The number of ether oxygens (including phenoxy) is 1. The van der Waals surface area contributed by atoms with E-state index in [1.807, 2.05) is 28.6 Å². The van der Waals surface area contributed by atoms with Gasteiger partial charge in [0.15, 0.2) is 5.65 Å². The first-order valence-electron chi connectivity index (χ1n) is 11.1. The van der Waals surface area contributed by atoms with Crippen molar-refractivity contribution in [1.29, 1.82) is 0 Å². The smallest absolute Gasteiger partial charge is 0.254 e. The lowest BCUT2D eigenvalue weighted by molar-refractivity contribution is 0.0243. The van der Waals surface area contributed by atoms with E-state index in [4.69, 9.17) is 9.72 Å². The zero-order valence-electron chi connectivity index (χ0n) is 18.0. The van der Waals surface area contributed by atoms with Crippen LogP contribution in [0, 0.1) is 12.8 Å². The number of aromatic nitrogens is 3. The van der Waals surface area contributed by atoms with Crippen molar-refractivity contribution in [1.82, 2.24) is 24.6 Å². The highest BCUT2D eigenvalue weighted by atomic mass is 32.1. The zero-order chi connectivity index (χ0) is 21.2. The number of hydrogen-bond donors (Lipinski definition) is 0. The van der Waals surface area contributed by atoms with Gasteiger partial charge in [-0.2, -0.15) is 5.10 Å². The number of amides is 1. The molecule has 5 rings (SSSR count). The van der Waals surface area contributed by atoms with E-state index in [2.05, 4.69) is 21.4 Å². The monoisotopic (exact) mass is 439 g/mol. The van der Waals surface area contributed by atoms with Gasteiger partial charge in [0.05, 0.1) is 36.9 Å². The van der Waals surface area contributed by atoms with E-state index < -0.39 is 0 Å². The van der Waals surface area contributed by atoms with Gasteiger partial charge in [-0.15, -0.1) is 11.3 Å². The molecule has 2 aliphatic heterocycles. The first kappa shape index (κ1) is 20.6. The van der Waals surface area contributed by atoms with Gasteiger partial charge in [0, 0.05) is 43.3 Å². The maximum Gasteiger partial charge on any atom is 0.254 e. The highest BCUT2D eigenvalue weighted by molar-refractivity contribution is 7.09. The minimum Gasteiger partial charge on any atom is -0.379 e. The summed E-state index contributed by atoms with van der Waals surface area (Å²) in [4.78, 5) is 23.9. The normalized spacial score (nSPS) is 18.7. The van der Waals surface area contributed by atoms with E-state index in [-0.39, 0.29) is 5.91 Å². The molecule has 2 aliphatic rings. The predicted octanol–water partition coefficient (Wildman–Crippen LogP) is 3.03. The average Bonchev–Trinajstić information content (AvgIpc) is 3.45. The number of rotatable bonds is 5. The Morgan fingerprint density at radius 2 is 2.03 bits per heavy atom. The third kappa shape index (κ3) is 4.51. The summed E-state index contributed by atoms with van der Waals surface area (Å²) in [7, 11) is 0. The van der Waals surface area contributed by atoms with Crippen LogP contribution in [-0.2, 0) is 11.3 Å². The van der Waals surface area contributed by atoms with Gasteiger partial charge in [0.2, 0.25) is 0 Å². The SMILES string of the molecule is Cc1cc(C(=O)N2CCC(CN3CCOCC3)CC2)c2cnn(Cc3cccs3)c2n1. The molecule has 8 heteroatoms. The van der Waals surface area contributed by atoms with Crippen LogP contribution in [0.4, 0.5) is 0 Å². The van der Waals surface area contributed by atoms with Gasteiger partial charge in [-0.25, -0.2) is 9.67 Å². The number of pyridine rings is 1. The molecule has 0 spiro atoms. The van der Waals surface area contributed by atoms with Crippen LogP contribution in [-0.4, -0.2) is 76.4 Å². The van der Waals surface area contributed by atoms with Crippen molar-refractivity contribution < 1.29 is 9.53 Å². The van der Waals surface area contributed by atoms with E-state index in [1.54, 1.807) is 17.5 Å². The second kappa shape index (κ2) is 9.06. The van der Waals surface area contributed by atoms with E-state index in [9.17, 15) is 4.79 Å². The molecule has 0 radical (unpaired) electrons. The number of fused-ring (bicyclic) bond motifs is 1. The number of hydrogen-bond acceptors (Lipinski definition) is 6. The molecule has 3 aromatic heterocycles.